The minimum atomic E-state index is 0.182. The van der Waals surface area contributed by atoms with Gasteiger partial charge in [0.2, 0.25) is 0 Å². The predicted octanol–water partition coefficient (Wildman–Crippen LogP) is 4.27. The number of ether oxygens (including phenoxy) is 1. The maximum atomic E-state index is 5.19. The Bertz CT molecular complexity index is 537. The van der Waals surface area contributed by atoms with Crippen LogP contribution in [-0.2, 0) is 0 Å². The molecule has 2 rings (SSSR count). The molecule has 0 bridgehead atoms. The maximum Gasteiger partial charge on any atom is 0.119 e. The van der Waals surface area contributed by atoms with Gasteiger partial charge >= 0.3 is 0 Å². The highest BCUT2D eigenvalue weighted by Crippen LogP contribution is 2.30. The molecule has 0 N–H and O–H groups in total. The Balaban J connectivity index is 2.31. The lowest BCUT2D eigenvalue weighted by molar-refractivity contribution is 0.414. The van der Waals surface area contributed by atoms with Crippen molar-refractivity contribution < 1.29 is 4.74 Å². The van der Waals surface area contributed by atoms with Gasteiger partial charge in [0.15, 0.2) is 0 Å². The van der Waals surface area contributed by atoms with Crippen LogP contribution in [0.1, 0.15) is 24.9 Å². The predicted molar refractivity (Wildman–Crippen MR) is 84.5 cm³/mol. The Morgan fingerprint density at radius 2 is 1.75 bits per heavy atom. The fourth-order valence-electron chi connectivity index (χ4n) is 2.32. The van der Waals surface area contributed by atoms with Gasteiger partial charge in [-0.3, -0.25) is 5.01 Å². The van der Waals surface area contributed by atoms with Crippen molar-refractivity contribution in [2.75, 3.05) is 12.1 Å². The monoisotopic (exact) mass is 268 g/mol. The molecule has 20 heavy (non-hydrogen) atoms. The third kappa shape index (κ3) is 2.99. The molecule has 2 aromatic carbocycles. The second kappa shape index (κ2) is 6.75. The highest BCUT2D eigenvalue weighted by Gasteiger charge is 2.18. The molecular formula is C17H20N2O. The first-order chi connectivity index (χ1) is 9.80. The number of benzene rings is 2. The fourth-order valence-corrected chi connectivity index (χ4v) is 2.32. The molecule has 104 valence electrons. The first kappa shape index (κ1) is 14.1. The lowest BCUT2D eigenvalue weighted by Crippen LogP contribution is -2.22. The third-order valence-electron chi connectivity index (χ3n) is 3.36. The van der Waals surface area contributed by atoms with E-state index in [0.29, 0.717) is 0 Å². The molecule has 0 saturated carbocycles. The molecular weight excluding hydrogens is 248 g/mol. The number of hydrogen-bond acceptors (Lipinski definition) is 3. The summed E-state index contributed by atoms with van der Waals surface area (Å²) in [6.07, 6.45) is 0.953. The van der Waals surface area contributed by atoms with Crippen LogP contribution in [-0.4, -0.2) is 13.8 Å². The summed E-state index contributed by atoms with van der Waals surface area (Å²) in [4.78, 5) is 0. The highest BCUT2D eigenvalue weighted by atomic mass is 16.5. The molecule has 1 unspecified atom stereocenters. The minimum absolute atomic E-state index is 0.182. The second-order valence-corrected chi connectivity index (χ2v) is 4.52. The molecule has 3 heteroatoms. The average molecular weight is 268 g/mol. The van der Waals surface area contributed by atoms with Gasteiger partial charge in [-0.15, -0.1) is 0 Å². The number of hydrazone groups is 1. The molecule has 0 aromatic heterocycles. The van der Waals surface area contributed by atoms with Crippen LogP contribution in [0.3, 0.4) is 0 Å². The summed E-state index contributed by atoms with van der Waals surface area (Å²) in [6.45, 7) is 5.87. The molecule has 0 heterocycles. The van der Waals surface area contributed by atoms with E-state index in [-0.39, 0.29) is 6.04 Å². The van der Waals surface area contributed by atoms with E-state index in [1.165, 1.54) is 5.56 Å². The molecule has 0 saturated heterocycles. The van der Waals surface area contributed by atoms with Crippen LogP contribution in [0.4, 0.5) is 5.69 Å². The van der Waals surface area contributed by atoms with Crippen molar-refractivity contribution in [1.82, 2.24) is 0 Å². The summed E-state index contributed by atoms with van der Waals surface area (Å²) in [5.74, 6) is 0.838. The third-order valence-corrected chi connectivity index (χ3v) is 3.36. The molecule has 2 aromatic rings. The van der Waals surface area contributed by atoms with E-state index in [2.05, 4.69) is 30.9 Å². The van der Waals surface area contributed by atoms with Gasteiger partial charge in [0.05, 0.1) is 18.8 Å². The number of anilines is 1. The summed E-state index contributed by atoms with van der Waals surface area (Å²) in [7, 11) is 1.66. The van der Waals surface area contributed by atoms with Gasteiger partial charge in [0, 0.05) is 6.72 Å². The van der Waals surface area contributed by atoms with Crippen LogP contribution in [0.25, 0.3) is 0 Å². The summed E-state index contributed by atoms with van der Waals surface area (Å²) in [5, 5.41) is 6.16. The van der Waals surface area contributed by atoms with Crippen molar-refractivity contribution >= 4 is 12.4 Å². The van der Waals surface area contributed by atoms with Crippen LogP contribution in [0.2, 0.25) is 0 Å². The molecule has 3 nitrogen and oxygen atoms in total. The van der Waals surface area contributed by atoms with Crippen LogP contribution in [0, 0.1) is 0 Å². The minimum Gasteiger partial charge on any atom is -0.497 e. The molecule has 1 atom stereocenters. The second-order valence-electron chi connectivity index (χ2n) is 4.52. The lowest BCUT2D eigenvalue weighted by atomic mass is 10.0. The van der Waals surface area contributed by atoms with Crippen molar-refractivity contribution in [2.24, 2.45) is 5.10 Å². The van der Waals surface area contributed by atoms with E-state index in [0.717, 1.165) is 17.9 Å². The SMILES string of the molecule is C=NN(c1ccc(OC)cc1)C(CC)c1ccccc1. The summed E-state index contributed by atoms with van der Waals surface area (Å²) < 4.78 is 5.19. The van der Waals surface area contributed by atoms with Gasteiger partial charge in [-0.05, 0) is 36.2 Å². The van der Waals surface area contributed by atoms with Crippen LogP contribution in [0.15, 0.2) is 59.7 Å². The number of methoxy groups -OCH3 is 1. The number of rotatable bonds is 6. The molecule has 0 aliphatic rings. The van der Waals surface area contributed by atoms with Crippen molar-refractivity contribution in [3.8, 4) is 5.75 Å². The molecule has 0 fully saturated rings. The van der Waals surface area contributed by atoms with Gasteiger partial charge in [-0.2, -0.15) is 5.10 Å². The van der Waals surface area contributed by atoms with Crippen LogP contribution >= 0.6 is 0 Å². The molecule has 0 spiro atoms. The normalized spacial score (nSPS) is 11.7. The Morgan fingerprint density at radius 1 is 1.10 bits per heavy atom. The smallest absolute Gasteiger partial charge is 0.119 e. The Morgan fingerprint density at radius 3 is 2.25 bits per heavy atom. The Labute approximate surface area is 120 Å². The summed E-state index contributed by atoms with van der Waals surface area (Å²) in [6, 6.07) is 18.4. The number of nitrogens with zero attached hydrogens (tertiary/aromatic N) is 2. The van der Waals surface area contributed by atoms with E-state index in [4.69, 9.17) is 4.74 Å². The highest BCUT2D eigenvalue weighted by molar-refractivity contribution is 5.52. The van der Waals surface area contributed by atoms with E-state index in [9.17, 15) is 0 Å². The largest absolute Gasteiger partial charge is 0.497 e. The molecule has 0 radical (unpaired) electrons. The average Bonchev–Trinajstić information content (AvgIpc) is 2.53. The Hall–Kier alpha value is -2.29. The zero-order valence-corrected chi connectivity index (χ0v) is 12.0. The van der Waals surface area contributed by atoms with Crippen LogP contribution in [0.5, 0.6) is 5.75 Å². The van der Waals surface area contributed by atoms with Crippen molar-refractivity contribution in [2.45, 2.75) is 19.4 Å². The van der Waals surface area contributed by atoms with E-state index < -0.39 is 0 Å². The zero-order chi connectivity index (χ0) is 14.4. The molecule has 0 aliphatic heterocycles. The number of hydrogen-bond donors (Lipinski definition) is 0. The molecule has 0 aliphatic carbocycles. The zero-order valence-electron chi connectivity index (χ0n) is 12.0. The standard InChI is InChI=1S/C17H20N2O/c1-4-17(14-8-6-5-7-9-14)19(18-2)15-10-12-16(20-3)13-11-15/h5-13,17H,2,4H2,1,3H3. The first-order valence-electron chi connectivity index (χ1n) is 6.75. The van der Waals surface area contributed by atoms with Crippen molar-refractivity contribution in [3.63, 3.8) is 0 Å². The van der Waals surface area contributed by atoms with E-state index >= 15 is 0 Å². The summed E-state index contributed by atoms with van der Waals surface area (Å²) >= 11 is 0. The van der Waals surface area contributed by atoms with Gasteiger partial charge < -0.3 is 4.74 Å². The maximum absolute atomic E-state index is 5.19. The summed E-state index contributed by atoms with van der Waals surface area (Å²) in [5.41, 5.74) is 2.25. The van der Waals surface area contributed by atoms with Gasteiger partial charge in [-0.1, -0.05) is 37.3 Å². The molecule has 0 amide bonds. The lowest BCUT2D eigenvalue weighted by Gasteiger charge is -2.28. The quantitative estimate of drug-likeness (QED) is 0.577. The van der Waals surface area contributed by atoms with E-state index in [1.54, 1.807) is 7.11 Å². The van der Waals surface area contributed by atoms with Gasteiger partial charge in [-0.25, -0.2) is 0 Å². The van der Waals surface area contributed by atoms with E-state index in [1.807, 2.05) is 47.5 Å². The Kier molecular flexibility index (Phi) is 4.77. The van der Waals surface area contributed by atoms with Crippen LogP contribution < -0.4 is 9.75 Å². The van der Waals surface area contributed by atoms with Crippen molar-refractivity contribution in [1.29, 1.82) is 0 Å². The van der Waals surface area contributed by atoms with Gasteiger partial charge in [0.1, 0.15) is 5.75 Å². The van der Waals surface area contributed by atoms with Gasteiger partial charge in [0.25, 0.3) is 0 Å². The fraction of sp³-hybridized carbons (Fsp3) is 0.235. The topological polar surface area (TPSA) is 24.8 Å². The van der Waals surface area contributed by atoms with Crippen molar-refractivity contribution in [3.05, 3.63) is 60.2 Å². The first-order valence-corrected chi connectivity index (χ1v) is 6.75.